The van der Waals surface area contributed by atoms with Crippen LogP contribution < -0.4 is 5.32 Å². The summed E-state index contributed by atoms with van der Waals surface area (Å²) in [7, 11) is 0. The van der Waals surface area contributed by atoms with Gasteiger partial charge in [0.2, 0.25) is 5.91 Å². The molecule has 4 nitrogen and oxygen atoms in total. The van der Waals surface area contributed by atoms with Gasteiger partial charge in [-0.3, -0.25) is 4.79 Å². The highest BCUT2D eigenvalue weighted by molar-refractivity contribution is 8.01. The van der Waals surface area contributed by atoms with Crippen LogP contribution in [0.5, 0.6) is 0 Å². The van der Waals surface area contributed by atoms with Crippen LogP contribution in [0.25, 0.3) is 11.3 Å². The summed E-state index contributed by atoms with van der Waals surface area (Å²) in [4.78, 5) is 22.2. The third-order valence-corrected chi connectivity index (χ3v) is 7.59. The molecule has 0 unspecified atom stereocenters. The van der Waals surface area contributed by atoms with E-state index in [1.807, 2.05) is 41.8 Å². The summed E-state index contributed by atoms with van der Waals surface area (Å²) in [5.74, 6) is 0.162. The van der Waals surface area contributed by atoms with Crippen molar-refractivity contribution in [1.29, 1.82) is 0 Å². The van der Waals surface area contributed by atoms with Gasteiger partial charge in [-0.1, -0.05) is 65.3 Å². The van der Waals surface area contributed by atoms with E-state index < -0.39 is 0 Å². The molecule has 30 heavy (non-hydrogen) atoms. The Balaban J connectivity index is 1.31. The monoisotopic (exact) mass is 491 g/mol. The predicted octanol–water partition coefficient (Wildman–Crippen LogP) is 6.90. The molecule has 152 valence electrons. The van der Waals surface area contributed by atoms with Crippen molar-refractivity contribution in [2.75, 3.05) is 11.1 Å². The lowest BCUT2D eigenvalue weighted by Crippen LogP contribution is -2.13. The number of nitrogens with zero attached hydrogens (tertiary/aromatic N) is 2. The van der Waals surface area contributed by atoms with E-state index in [-0.39, 0.29) is 11.7 Å². The summed E-state index contributed by atoms with van der Waals surface area (Å²) >= 11 is 16.6. The number of thioether (sulfide) groups is 1. The Morgan fingerprint density at radius 1 is 1.13 bits per heavy atom. The first kappa shape index (κ1) is 21.3. The van der Waals surface area contributed by atoms with Crippen LogP contribution in [-0.2, 0) is 11.2 Å². The number of hydrogen-bond acceptors (Lipinski definition) is 6. The van der Waals surface area contributed by atoms with Gasteiger partial charge in [0.05, 0.1) is 11.4 Å². The molecule has 0 saturated carbocycles. The van der Waals surface area contributed by atoms with Crippen molar-refractivity contribution in [1.82, 2.24) is 9.97 Å². The van der Waals surface area contributed by atoms with E-state index >= 15 is 0 Å². The summed E-state index contributed by atoms with van der Waals surface area (Å²) < 4.78 is 0.861. The normalized spacial score (nSPS) is 10.9. The van der Waals surface area contributed by atoms with Crippen LogP contribution in [0, 0.1) is 0 Å². The van der Waals surface area contributed by atoms with E-state index in [4.69, 9.17) is 23.2 Å². The molecule has 0 atom stereocenters. The molecule has 4 rings (SSSR count). The lowest BCUT2D eigenvalue weighted by molar-refractivity contribution is -0.113. The fraction of sp³-hybridized carbons (Fsp3) is 0.0952. The second-order valence-electron chi connectivity index (χ2n) is 6.25. The summed E-state index contributed by atoms with van der Waals surface area (Å²) in [5.41, 5.74) is 2.92. The average molecular weight is 492 g/mol. The predicted molar refractivity (Wildman–Crippen MR) is 128 cm³/mol. The molecule has 2 aromatic heterocycles. The van der Waals surface area contributed by atoms with E-state index in [9.17, 15) is 4.79 Å². The third-order valence-electron chi connectivity index (χ3n) is 4.05. The molecular formula is C21H15Cl2N3OS3. The van der Waals surface area contributed by atoms with Gasteiger partial charge in [0.15, 0.2) is 9.47 Å². The fourth-order valence-corrected chi connectivity index (χ4v) is 5.53. The van der Waals surface area contributed by atoms with E-state index in [2.05, 4.69) is 15.3 Å². The maximum absolute atomic E-state index is 12.3. The summed E-state index contributed by atoms with van der Waals surface area (Å²) in [6, 6.07) is 15.4. The summed E-state index contributed by atoms with van der Waals surface area (Å²) in [6.45, 7) is 0. The molecule has 0 aliphatic rings. The summed E-state index contributed by atoms with van der Waals surface area (Å²) in [6.07, 6.45) is 2.36. The van der Waals surface area contributed by atoms with Crippen LogP contribution >= 0.6 is 57.6 Å². The van der Waals surface area contributed by atoms with Gasteiger partial charge in [0, 0.05) is 38.5 Å². The lowest BCUT2D eigenvalue weighted by atomic mass is 10.1. The molecule has 2 aromatic carbocycles. The van der Waals surface area contributed by atoms with Gasteiger partial charge in [-0.05, 0) is 23.8 Å². The average Bonchev–Trinajstić information content (AvgIpc) is 3.39. The number of carbonyl (C=O) groups excluding carboxylic acids is 1. The largest absolute Gasteiger partial charge is 0.301 e. The number of rotatable bonds is 7. The molecule has 0 fully saturated rings. The van der Waals surface area contributed by atoms with Crippen LogP contribution in [0.3, 0.4) is 0 Å². The zero-order valence-electron chi connectivity index (χ0n) is 15.5. The molecule has 0 radical (unpaired) electrons. The van der Waals surface area contributed by atoms with Crippen molar-refractivity contribution in [2.24, 2.45) is 0 Å². The zero-order valence-corrected chi connectivity index (χ0v) is 19.4. The first-order valence-corrected chi connectivity index (χ1v) is 12.3. The minimum Gasteiger partial charge on any atom is -0.301 e. The van der Waals surface area contributed by atoms with Crippen molar-refractivity contribution >= 4 is 68.7 Å². The van der Waals surface area contributed by atoms with Gasteiger partial charge < -0.3 is 5.32 Å². The minimum atomic E-state index is -0.113. The maximum atomic E-state index is 12.3. The number of halogens is 2. The molecule has 2 heterocycles. The van der Waals surface area contributed by atoms with Crippen molar-refractivity contribution in [3.05, 3.63) is 80.6 Å². The molecular weight excluding hydrogens is 477 g/mol. The SMILES string of the molecule is O=C(CSc1nc(-c2ccccc2)cs1)Nc1ncc(Cc2cc(Cl)ccc2Cl)s1. The number of benzene rings is 2. The minimum absolute atomic E-state index is 0.113. The van der Waals surface area contributed by atoms with Crippen molar-refractivity contribution in [3.8, 4) is 11.3 Å². The highest BCUT2D eigenvalue weighted by Gasteiger charge is 2.11. The topological polar surface area (TPSA) is 54.9 Å². The van der Waals surface area contributed by atoms with Crippen LogP contribution in [0.1, 0.15) is 10.4 Å². The van der Waals surface area contributed by atoms with Gasteiger partial charge in [-0.25, -0.2) is 9.97 Å². The van der Waals surface area contributed by atoms with Gasteiger partial charge in [-0.15, -0.1) is 22.7 Å². The van der Waals surface area contributed by atoms with Crippen LogP contribution in [0.2, 0.25) is 10.0 Å². The van der Waals surface area contributed by atoms with Gasteiger partial charge >= 0.3 is 0 Å². The Labute approximate surface area is 196 Å². The van der Waals surface area contributed by atoms with Crippen molar-refractivity contribution in [2.45, 2.75) is 10.8 Å². The van der Waals surface area contributed by atoms with E-state index in [1.54, 1.807) is 18.3 Å². The molecule has 4 aromatic rings. The van der Waals surface area contributed by atoms with E-state index in [0.717, 1.165) is 26.0 Å². The summed E-state index contributed by atoms with van der Waals surface area (Å²) in [5, 5.41) is 6.72. The number of nitrogens with one attached hydrogen (secondary N) is 1. The van der Waals surface area contributed by atoms with Crippen LogP contribution in [-0.4, -0.2) is 21.6 Å². The Hall–Kier alpha value is -1.90. The van der Waals surface area contributed by atoms with E-state index in [1.165, 1.54) is 34.4 Å². The van der Waals surface area contributed by atoms with Gasteiger partial charge in [-0.2, -0.15) is 0 Å². The van der Waals surface area contributed by atoms with E-state index in [0.29, 0.717) is 21.6 Å². The molecule has 0 aliphatic carbocycles. The number of anilines is 1. The first-order chi connectivity index (χ1) is 14.6. The lowest BCUT2D eigenvalue weighted by Gasteiger charge is -2.02. The zero-order chi connectivity index (χ0) is 20.9. The second-order valence-corrected chi connectivity index (χ2v) is 10.3. The smallest absolute Gasteiger partial charge is 0.236 e. The van der Waals surface area contributed by atoms with Crippen molar-refractivity contribution < 1.29 is 4.79 Å². The quantitative estimate of drug-likeness (QED) is 0.285. The molecule has 1 amide bonds. The fourth-order valence-electron chi connectivity index (χ4n) is 2.66. The molecule has 0 bridgehead atoms. The molecule has 1 N–H and O–H groups in total. The Bertz CT molecular complexity index is 1160. The van der Waals surface area contributed by atoms with Gasteiger partial charge in [0.25, 0.3) is 0 Å². The number of carbonyl (C=O) groups is 1. The molecule has 0 saturated heterocycles. The maximum Gasteiger partial charge on any atom is 0.236 e. The van der Waals surface area contributed by atoms with Crippen molar-refractivity contribution in [3.63, 3.8) is 0 Å². The first-order valence-electron chi connectivity index (χ1n) is 8.89. The molecule has 0 aliphatic heterocycles. The number of aromatic nitrogens is 2. The number of hydrogen-bond donors (Lipinski definition) is 1. The Kier molecular flexibility index (Phi) is 7.07. The van der Waals surface area contributed by atoms with Gasteiger partial charge in [0.1, 0.15) is 0 Å². The Morgan fingerprint density at radius 2 is 1.97 bits per heavy atom. The van der Waals surface area contributed by atoms with Crippen LogP contribution in [0.4, 0.5) is 5.13 Å². The third kappa shape index (κ3) is 5.62. The second kappa shape index (κ2) is 9.94. The number of thiazole rings is 2. The highest BCUT2D eigenvalue weighted by atomic mass is 35.5. The highest BCUT2D eigenvalue weighted by Crippen LogP contribution is 2.29. The molecule has 9 heteroatoms. The Morgan fingerprint density at radius 3 is 2.80 bits per heavy atom. The number of amides is 1. The standard InChI is InChI=1S/C21H15Cl2N3OS3/c22-15-6-7-17(23)14(8-15)9-16-10-24-20(30-16)26-19(27)12-29-21-25-18(11-28-21)13-4-2-1-3-5-13/h1-8,10-11H,9,12H2,(H,24,26,27). The van der Waals surface area contributed by atoms with Crippen LogP contribution in [0.15, 0.2) is 64.4 Å². The molecule has 0 spiro atoms.